The Morgan fingerprint density at radius 3 is 2.48 bits per heavy atom. The number of carbonyl (C=O) groups excluding carboxylic acids is 1. The van der Waals surface area contributed by atoms with Gasteiger partial charge >= 0.3 is 0 Å². The second-order valence-corrected chi connectivity index (χ2v) is 8.22. The van der Waals surface area contributed by atoms with E-state index in [0.717, 1.165) is 25.4 Å². The first-order valence-electron chi connectivity index (χ1n) is 10.8. The molecule has 0 aliphatic carbocycles. The summed E-state index contributed by atoms with van der Waals surface area (Å²) in [5.74, 6) is 0.919. The number of benzene rings is 1. The number of nitrogens with one attached hydrogen (secondary N) is 1. The lowest BCUT2D eigenvalue weighted by molar-refractivity contribution is -0.123. The van der Waals surface area contributed by atoms with E-state index in [4.69, 9.17) is 0 Å². The lowest BCUT2D eigenvalue weighted by Crippen LogP contribution is -2.43. The van der Waals surface area contributed by atoms with Crippen molar-refractivity contribution in [3.05, 3.63) is 35.4 Å². The Hall–Kier alpha value is -1.39. The van der Waals surface area contributed by atoms with Crippen molar-refractivity contribution >= 4 is 5.91 Å². The molecule has 0 bridgehead atoms. The van der Waals surface area contributed by atoms with Gasteiger partial charge in [-0.2, -0.15) is 0 Å². The van der Waals surface area contributed by atoms with Crippen LogP contribution in [0.1, 0.15) is 63.6 Å². The molecule has 4 heteroatoms. The van der Waals surface area contributed by atoms with Crippen molar-refractivity contribution in [3.63, 3.8) is 0 Å². The van der Waals surface area contributed by atoms with E-state index in [0.29, 0.717) is 6.54 Å². The minimum atomic E-state index is 0.0631. The van der Waals surface area contributed by atoms with Crippen LogP contribution in [-0.2, 0) is 11.2 Å². The van der Waals surface area contributed by atoms with Crippen LogP contribution in [-0.4, -0.2) is 55.5 Å². The summed E-state index contributed by atoms with van der Waals surface area (Å²) in [6.45, 7) is 11.5. The molecule has 1 atom stereocenters. The quantitative estimate of drug-likeness (QED) is 0.676. The molecule has 1 saturated heterocycles. The standard InChI is InChI=1S/C23H39N3O/c1-5-7-14-25(4)17-21-12-15-26(16-13-21)18-23(27)24-19(3)22-10-8-20(6-2)9-11-22/h8-11,19,21H,5-7,12-18H2,1-4H3,(H,24,27). The SMILES string of the molecule is CCCCN(C)CC1CCN(CC(=O)NC(C)c2ccc(CC)cc2)CC1. The maximum Gasteiger partial charge on any atom is 0.234 e. The zero-order chi connectivity index (χ0) is 19.6. The molecule has 1 amide bonds. The van der Waals surface area contributed by atoms with Crippen LogP contribution in [0.3, 0.4) is 0 Å². The third-order valence-corrected chi connectivity index (χ3v) is 5.80. The molecule has 1 aliphatic rings. The highest BCUT2D eigenvalue weighted by Gasteiger charge is 2.22. The van der Waals surface area contributed by atoms with Crippen LogP contribution in [0.15, 0.2) is 24.3 Å². The van der Waals surface area contributed by atoms with Gasteiger partial charge in [-0.1, -0.05) is 44.5 Å². The summed E-state index contributed by atoms with van der Waals surface area (Å²) in [6, 6.07) is 8.63. The van der Waals surface area contributed by atoms with Crippen LogP contribution in [0.25, 0.3) is 0 Å². The van der Waals surface area contributed by atoms with E-state index in [9.17, 15) is 4.79 Å². The van der Waals surface area contributed by atoms with E-state index in [1.165, 1.54) is 49.9 Å². The summed E-state index contributed by atoms with van der Waals surface area (Å²) in [4.78, 5) is 17.2. The van der Waals surface area contributed by atoms with Crippen LogP contribution < -0.4 is 5.32 Å². The summed E-state index contributed by atoms with van der Waals surface area (Å²) < 4.78 is 0. The highest BCUT2D eigenvalue weighted by Crippen LogP contribution is 2.18. The molecule has 2 rings (SSSR count). The normalized spacial score (nSPS) is 17.2. The van der Waals surface area contributed by atoms with Gasteiger partial charge in [0.1, 0.15) is 0 Å². The molecular formula is C23H39N3O. The number of nitrogens with zero attached hydrogens (tertiary/aromatic N) is 2. The molecule has 27 heavy (non-hydrogen) atoms. The number of amides is 1. The highest BCUT2D eigenvalue weighted by atomic mass is 16.2. The fourth-order valence-electron chi connectivity index (χ4n) is 3.90. The summed E-state index contributed by atoms with van der Waals surface area (Å²) in [6.07, 6.45) is 6.01. The van der Waals surface area contributed by atoms with Crippen LogP contribution in [0, 0.1) is 5.92 Å². The molecule has 4 nitrogen and oxygen atoms in total. The summed E-state index contributed by atoms with van der Waals surface area (Å²) in [7, 11) is 2.24. The van der Waals surface area contributed by atoms with E-state index in [1.807, 2.05) is 0 Å². The lowest BCUT2D eigenvalue weighted by atomic mass is 9.96. The van der Waals surface area contributed by atoms with E-state index in [1.54, 1.807) is 0 Å². The number of rotatable bonds is 10. The van der Waals surface area contributed by atoms with E-state index in [2.05, 4.69) is 67.2 Å². The van der Waals surface area contributed by atoms with Gasteiger partial charge in [0.15, 0.2) is 0 Å². The Morgan fingerprint density at radius 1 is 1.22 bits per heavy atom. The third-order valence-electron chi connectivity index (χ3n) is 5.80. The van der Waals surface area contributed by atoms with Crippen LogP contribution in [0.4, 0.5) is 0 Å². The largest absolute Gasteiger partial charge is 0.348 e. The smallest absolute Gasteiger partial charge is 0.234 e. The molecule has 0 saturated carbocycles. The molecule has 1 aromatic rings. The number of hydrogen-bond donors (Lipinski definition) is 1. The average molecular weight is 374 g/mol. The fraction of sp³-hybridized carbons (Fsp3) is 0.696. The maximum atomic E-state index is 12.4. The zero-order valence-electron chi connectivity index (χ0n) is 17.8. The number of piperidine rings is 1. The molecule has 1 aliphatic heterocycles. The van der Waals surface area contributed by atoms with E-state index < -0.39 is 0 Å². The summed E-state index contributed by atoms with van der Waals surface area (Å²) >= 11 is 0. The van der Waals surface area contributed by atoms with Gasteiger partial charge in [0.05, 0.1) is 12.6 Å². The molecule has 0 spiro atoms. The Labute approximate surface area is 166 Å². The fourth-order valence-corrected chi connectivity index (χ4v) is 3.90. The Balaban J connectivity index is 1.69. The van der Waals surface area contributed by atoms with Gasteiger partial charge in [-0.25, -0.2) is 0 Å². The van der Waals surface area contributed by atoms with Gasteiger partial charge in [0.25, 0.3) is 0 Å². The number of unbranched alkanes of at least 4 members (excludes halogenated alkanes) is 1. The summed E-state index contributed by atoms with van der Waals surface area (Å²) in [5, 5.41) is 3.16. The molecule has 1 aromatic carbocycles. The Morgan fingerprint density at radius 2 is 1.89 bits per heavy atom. The van der Waals surface area contributed by atoms with Crippen molar-refractivity contribution in [2.24, 2.45) is 5.92 Å². The van der Waals surface area contributed by atoms with Gasteiger partial charge < -0.3 is 10.2 Å². The van der Waals surface area contributed by atoms with Crippen molar-refractivity contribution < 1.29 is 4.79 Å². The highest BCUT2D eigenvalue weighted by molar-refractivity contribution is 5.78. The van der Waals surface area contributed by atoms with Crippen molar-refractivity contribution in [1.82, 2.24) is 15.1 Å². The second kappa shape index (κ2) is 11.5. The molecule has 1 heterocycles. The van der Waals surface area contributed by atoms with Crippen molar-refractivity contribution in [2.75, 3.05) is 39.8 Å². The van der Waals surface area contributed by atoms with Gasteiger partial charge in [0, 0.05) is 6.54 Å². The van der Waals surface area contributed by atoms with Crippen LogP contribution >= 0.6 is 0 Å². The first kappa shape index (κ1) is 21.9. The van der Waals surface area contributed by atoms with Gasteiger partial charge in [0.2, 0.25) is 5.91 Å². The minimum absolute atomic E-state index is 0.0631. The predicted octanol–water partition coefficient (Wildman–Crippen LogP) is 3.87. The number of hydrogen-bond acceptors (Lipinski definition) is 3. The minimum Gasteiger partial charge on any atom is -0.348 e. The molecule has 1 fully saturated rings. The average Bonchev–Trinajstić information content (AvgIpc) is 2.67. The maximum absolute atomic E-state index is 12.4. The molecule has 0 aromatic heterocycles. The third kappa shape index (κ3) is 7.63. The molecule has 0 radical (unpaired) electrons. The monoisotopic (exact) mass is 373 g/mol. The number of aryl methyl sites for hydroxylation is 1. The molecule has 152 valence electrons. The van der Waals surface area contributed by atoms with E-state index >= 15 is 0 Å². The van der Waals surface area contributed by atoms with Crippen LogP contribution in [0.5, 0.6) is 0 Å². The van der Waals surface area contributed by atoms with Gasteiger partial charge in [-0.05, 0) is 76.3 Å². The zero-order valence-corrected chi connectivity index (χ0v) is 17.8. The van der Waals surface area contributed by atoms with Crippen molar-refractivity contribution in [2.45, 2.75) is 58.9 Å². The first-order valence-corrected chi connectivity index (χ1v) is 10.8. The Bertz CT molecular complexity index is 549. The Kier molecular flexibility index (Phi) is 9.29. The van der Waals surface area contributed by atoms with Gasteiger partial charge in [-0.3, -0.25) is 9.69 Å². The summed E-state index contributed by atoms with van der Waals surface area (Å²) in [5.41, 5.74) is 2.51. The molecule has 1 N–H and O–H groups in total. The predicted molar refractivity (Wildman–Crippen MR) is 114 cm³/mol. The topological polar surface area (TPSA) is 35.6 Å². The van der Waals surface area contributed by atoms with E-state index in [-0.39, 0.29) is 11.9 Å². The van der Waals surface area contributed by atoms with Crippen molar-refractivity contribution in [3.8, 4) is 0 Å². The lowest BCUT2D eigenvalue weighted by Gasteiger charge is -2.33. The first-order chi connectivity index (χ1) is 13.0. The van der Waals surface area contributed by atoms with Gasteiger partial charge in [-0.15, -0.1) is 0 Å². The van der Waals surface area contributed by atoms with Crippen molar-refractivity contribution in [1.29, 1.82) is 0 Å². The second-order valence-electron chi connectivity index (χ2n) is 8.22. The molecule has 1 unspecified atom stereocenters. The molecular weight excluding hydrogens is 334 g/mol. The van der Waals surface area contributed by atoms with Crippen LogP contribution in [0.2, 0.25) is 0 Å². The number of carbonyl (C=O) groups is 1. The number of likely N-dealkylation sites (tertiary alicyclic amines) is 1.